The Morgan fingerprint density at radius 1 is 1.04 bits per heavy atom. The SMILES string of the molecule is CCOC(=O)C1CCCN(CC(=O)Nc2ccc(N3CCCCCC3)cc2)C1. The van der Waals surface area contributed by atoms with Gasteiger partial charge in [0.25, 0.3) is 0 Å². The minimum Gasteiger partial charge on any atom is -0.466 e. The van der Waals surface area contributed by atoms with Crippen LogP contribution >= 0.6 is 0 Å². The lowest BCUT2D eigenvalue weighted by Gasteiger charge is -2.30. The zero-order chi connectivity index (χ0) is 19.8. The van der Waals surface area contributed by atoms with Crippen molar-refractivity contribution in [1.82, 2.24) is 4.90 Å². The molecule has 0 saturated carbocycles. The molecule has 1 N–H and O–H groups in total. The van der Waals surface area contributed by atoms with Crippen molar-refractivity contribution in [3.63, 3.8) is 0 Å². The van der Waals surface area contributed by atoms with Crippen molar-refractivity contribution in [2.24, 2.45) is 5.92 Å². The van der Waals surface area contributed by atoms with Crippen LogP contribution in [0, 0.1) is 5.92 Å². The molecule has 1 atom stereocenters. The van der Waals surface area contributed by atoms with Crippen molar-refractivity contribution in [1.29, 1.82) is 0 Å². The second-order valence-corrected chi connectivity index (χ2v) is 7.82. The molecule has 0 bridgehead atoms. The van der Waals surface area contributed by atoms with Gasteiger partial charge in [0.05, 0.1) is 19.1 Å². The smallest absolute Gasteiger partial charge is 0.310 e. The highest BCUT2D eigenvalue weighted by Crippen LogP contribution is 2.22. The minimum absolute atomic E-state index is 0.0352. The molecule has 2 heterocycles. The zero-order valence-electron chi connectivity index (χ0n) is 17.0. The van der Waals surface area contributed by atoms with E-state index in [1.807, 2.05) is 24.0 Å². The Morgan fingerprint density at radius 3 is 2.43 bits per heavy atom. The van der Waals surface area contributed by atoms with E-state index in [9.17, 15) is 9.59 Å². The van der Waals surface area contributed by atoms with Crippen LogP contribution in [0.1, 0.15) is 45.4 Å². The summed E-state index contributed by atoms with van der Waals surface area (Å²) in [5.41, 5.74) is 2.05. The summed E-state index contributed by atoms with van der Waals surface area (Å²) in [5, 5.41) is 2.99. The van der Waals surface area contributed by atoms with Gasteiger partial charge in [-0.1, -0.05) is 12.8 Å². The molecule has 2 fully saturated rings. The van der Waals surface area contributed by atoms with E-state index in [-0.39, 0.29) is 17.8 Å². The fourth-order valence-corrected chi connectivity index (χ4v) is 4.14. The molecule has 6 nitrogen and oxygen atoms in total. The molecule has 2 saturated heterocycles. The van der Waals surface area contributed by atoms with E-state index in [0.717, 1.165) is 38.2 Å². The molecule has 0 spiro atoms. The van der Waals surface area contributed by atoms with Gasteiger partial charge >= 0.3 is 5.97 Å². The summed E-state index contributed by atoms with van der Waals surface area (Å²) in [6.07, 6.45) is 6.90. The van der Waals surface area contributed by atoms with Crippen molar-refractivity contribution >= 4 is 23.3 Å². The molecular formula is C22H33N3O3. The number of hydrogen-bond acceptors (Lipinski definition) is 5. The lowest BCUT2D eigenvalue weighted by molar-refractivity contribution is -0.150. The van der Waals surface area contributed by atoms with Crippen LogP contribution < -0.4 is 10.2 Å². The fraction of sp³-hybridized carbons (Fsp3) is 0.636. The van der Waals surface area contributed by atoms with Gasteiger partial charge < -0.3 is 15.0 Å². The summed E-state index contributed by atoms with van der Waals surface area (Å²) in [7, 11) is 0. The van der Waals surface area contributed by atoms with E-state index in [4.69, 9.17) is 4.74 Å². The average Bonchev–Trinajstić information content (AvgIpc) is 2.98. The highest BCUT2D eigenvalue weighted by atomic mass is 16.5. The third-order valence-corrected chi connectivity index (χ3v) is 5.61. The number of nitrogens with one attached hydrogen (secondary N) is 1. The van der Waals surface area contributed by atoms with Gasteiger partial charge in [-0.15, -0.1) is 0 Å². The van der Waals surface area contributed by atoms with Crippen LogP contribution in [-0.4, -0.2) is 56.1 Å². The highest BCUT2D eigenvalue weighted by molar-refractivity contribution is 5.92. The molecule has 0 radical (unpaired) electrons. The number of benzene rings is 1. The number of hydrogen-bond donors (Lipinski definition) is 1. The summed E-state index contributed by atoms with van der Waals surface area (Å²) in [6.45, 7) is 6.21. The number of amides is 1. The van der Waals surface area contributed by atoms with Gasteiger partial charge in [-0.2, -0.15) is 0 Å². The van der Waals surface area contributed by atoms with E-state index in [2.05, 4.69) is 22.3 Å². The number of rotatable bonds is 6. The third kappa shape index (κ3) is 5.96. The van der Waals surface area contributed by atoms with Gasteiger partial charge in [-0.25, -0.2) is 0 Å². The van der Waals surface area contributed by atoms with Gasteiger partial charge in [0, 0.05) is 31.0 Å². The van der Waals surface area contributed by atoms with Crippen LogP contribution in [0.25, 0.3) is 0 Å². The number of carbonyl (C=O) groups excluding carboxylic acids is 2. The van der Waals surface area contributed by atoms with E-state index in [1.54, 1.807) is 0 Å². The first-order chi connectivity index (χ1) is 13.7. The number of anilines is 2. The van der Waals surface area contributed by atoms with Crippen molar-refractivity contribution in [2.75, 3.05) is 49.5 Å². The van der Waals surface area contributed by atoms with Crippen LogP contribution in [0.4, 0.5) is 11.4 Å². The second-order valence-electron chi connectivity index (χ2n) is 7.82. The topological polar surface area (TPSA) is 61.9 Å². The van der Waals surface area contributed by atoms with Gasteiger partial charge in [-0.05, 0) is 63.4 Å². The third-order valence-electron chi connectivity index (χ3n) is 5.61. The lowest BCUT2D eigenvalue weighted by atomic mass is 9.98. The van der Waals surface area contributed by atoms with Crippen molar-refractivity contribution < 1.29 is 14.3 Å². The molecule has 2 aliphatic rings. The molecule has 1 amide bonds. The van der Waals surface area contributed by atoms with Crippen molar-refractivity contribution in [2.45, 2.75) is 45.4 Å². The van der Waals surface area contributed by atoms with Crippen LogP contribution in [0.3, 0.4) is 0 Å². The Bertz CT molecular complexity index is 639. The first-order valence-electron chi connectivity index (χ1n) is 10.7. The molecule has 1 aromatic carbocycles. The van der Waals surface area contributed by atoms with Crippen LogP contribution in [0.2, 0.25) is 0 Å². The molecule has 0 aliphatic carbocycles. The molecule has 6 heteroatoms. The normalized spacial score (nSPS) is 21.0. The van der Waals surface area contributed by atoms with Gasteiger partial charge in [0.15, 0.2) is 0 Å². The Kier molecular flexibility index (Phi) is 7.71. The maximum Gasteiger partial charge on any atom is 0.310 e. The van der Waals surface area contributed by atoms with Crippen molar-refractivity contribution in [3.05, 3.63) is 24.3 Å². The molecule has 1 unspecified atom stereocenters. The van der Waals surface area contributed by atoms with Crippen LogP contribution in [0.15, 0.2) is 24.3 Å². The Balaban J connectivity index is 1.48. The second kappa shape index (κ2) is 10.5. The maximum absolute atomic E-state index is 12.4. The minimum atomic E-state index is -0.142. The summed E-state index contributed by atoms with van der Waals surface area (Å²) in [6, 6.07) is 8.16. The number of nitrogens with zero attached hydrogens (tertiary/aromatic N) is 2. The first-order valence-corrected chi connectivity index (χ1v) is 10.7. The quantitative estimate of drug-likeness (QED) is 0.759. The molecule has 3 rings (SSSR count). The van der Waals surface area contributed by atoms with E-state index >= 15 is 0 Å². The summed E-state index contributed by atoms with van der Waals surface area (Å²) >= 11 is 0. The molecular weight excluding hydrogens is 354 g/mol. The molecule has 0 aromatic heterocycles. The Hall–Kier alpha value is -2.08. The first kappa shape index (κ1) is 20.6. The summed E-state index contributed by atoms with van der Waals surface area (Å²) in [4.78, 5) is 28.9. The zero-order valence-corrected chi connectivity index (χ0v) is 17.0. The van der Waals surface area contributed by atoms with E-state index in [0.29, 0.717) is 19.7 Å². The fourth-order valence-electron chi connectivity index (χ4n) is 4.14. The Morgan fingerprint density at radius 2 is 1.75 bits per heavy atom. The van der Waals surface area contributed by atoms with Crippen LogP contribution in [0.5, 0.6) is 0 Å². The molecule has 28 heavy (non-hydrogen) atoms. The maximum atomic E-state index is 12.4. The molecule has 2 aliphatic heterocycles. The van der Waals surface area contributed by atoms with Gasteiger partial charge in [0.2, 0.25) is 5.91 Å². The largest absolute Gasteiger partial charge is 0.466 e. The number of esters is 1. The van der Waals surface area contributed by atoms with Crippen molar-refractivity contribution in [3.8, 4) is 0 Å². The number of likely N-dealkylation sites (tertiary alicyclic amines) is 1. The van der Waals surface area contributed by atoms with Gasteiger partial charge in [-0.3, -0.25) is 14.5 Å². The standard InChI is InChI=1S/C22H33N3O3/c1-2-28-22(27)18-8-7-13-24(16-18)17-21(26)23-19-9-11-20(12-10-19)25-14-5-3-4-6-15-25/h9-12,18H,2-8,13-17H2,1H3,(H,23,26). The van der Waals surface area contributed by atoms with Gasteiger partial charge in [0.1, 0.15) is 0 Å². The molecule has 1 aromatic rings. The molecule has 154 valence electrons. The average molecular weight is 388 g/mol. The predicted octanol–water partition coefficient (Wildman–Crippen LogP) is 3.28. The summed E-state index contributed by atoms with van der Waals surface area (Å²) in [5.74, 6) is -0.293. The monoisotopic (exact) mass is 387 g/mol. The Labute approximate surface area is 168 Å². The lowest BCUT2D eigenvalue weighted by Crippen LogP contribution is -2.43. The van der Waals surface area contributed by atoms with E-state index < -0.39 is 0 Å². The highest BCUT2D eigenvalue weighted by Gasteiger charge is 2.27. The van der Waals surface area contributed by atoms with Crippen LogP contribution in [-0.2, 0) is 14.3 Å². The predicted molar refractivity (Wildman–Crippen MR) is 112 cm³/mol. The van der Waals surface area contributed by atoms with E-state index in [1.165, 1.54) is 31.4 Å². The summed E-state index contributed by atoms with van der Waals surface area (Å²) < 4.78 is 5.13. The number of ether oxygens (including phenoxy) is 1. The number of piperidine rings is 1. The number of carbonyl (C=O) groups is 2.